The van der Waals surface area contributed by atoms with Gasteiger partial charge in [0.2, 0.25) is 20.0 Å². The maximum Gasteiger partial charge on any atom is 0.315 e. The van der Waals surface area contributed by atoms with E-state index in [-0.39, 0.29) is 23.6 Å². The molecule has 0 aromatic heterocycles. The van der Waals surface area contributed by atoms with Crippen LogP contribution in [0.4, 0.5) is 4.79 Å². The van der Waals surface area contributed by atoms with Crippen LogP contribution in [-0.4, -0.2) is 59.1 Å². The van der Waals surface area contributed by atoms with Gasteiger partial charge >= 0.3 is 6.03 Å². The molecule has 3 N–H and O–H groups in total. The Morgan fingerprint density at radius 3 is 2.18 bits per heavy atom. The van der Waals surface area contributed by atoms with Crippen LogP contribution in [-0.2, 0) is 32.3 Å². The lowest BCUT2D eigenvalue weighted by Gasteiger charge is -2.31. The molecule has 0 spiro atoms. The molecule has 1 fully saturated rings. The van der Waals surface area contributed by atoms with Crippen LogP contribution in [0.3, 0.4) is 0 Å². The second-order valence-electron chi connectivity index (χ2n) is 6.68. The largest absolute Gasteiger partial charge is 0.335 e. The Balaban J connectivity index is 1.76. The van der Waals surface area contributed by atoms with E-state index >= 15 is 0 Å². The van der Waals surface area contributed by atoms with Crippen LogP contribution in [0, 0.1) is 0 Å². The van der Waals surface area contributed by atoms with Gasteiger partial charge in [-0.3, -0.25) is 0 Å². The van der Waals surface area contributed by atoms with Crippen LogP contribution in [0.25, 0.3) is 0 Å². The Hall–Kier alpha value is -1.69. The third kappa shape index (κ3) is 6.73. The normalized spacial score (nSPS) is 16.6. The Morgan fingerprint density at radius 2 is 1.64 bits per heavy atom. The average Bonchev–Trinajstić information content (AvgIpc) is 2.67. The number of amides is 2. The van der Waals surface area contributed by atoms with Crippen LogP contribution in [0.2, 0.25) is 0 Å². The Morgan fingerprint density at radius 1 is 1.07 bits per heavy atom. The topological polar surface area (TPSA) is 125 Å². The molecule has 1 aromatic carbocycles. The molecule has 0 unspecified atom stereocenters. The highest BCUT2D eigenvalue weighted by atomic mass is 32.2. The second kappa shape index (κ2) is 9.68. The number of sulfonamides is 2. The molecule has 2 amide bonds. The van der Waals surface area contributed by atoms with Gasteiger partial charge in [-0.1, -0.05) is 24.3 Å². The van der Waals surface area contributed by atoms with Crippen molar-refractivity contribution in [3.05, 3.63) is 35.4 Å². The van der Waals surface area contributed by atoms with Crippen molar-refractivity contribution >= 4 is 26.1 Å². The van der Waals surface area contributed by atoms with E-state index in [2.05, 4.69) is 15.4 Å². The Bertz CT molecular complexity index is 861. The molecule has 28 heavy (non-hydrogen) atoms. The summed E-state index contributed by atoms with van der Waals surface area (Å²) in [5, 5.41) is 5.64. The minimum absolute atomic E-state index is 0.0579. The molecule has 0 atom stereocenters. The second-order valence-corrected chi connectivity index (χ2v) is 10.9. The number of piperidine rings is 1. The summed E-state index contributed by atoms with van der Waals surface area (Å²) in [7, 11) is -5.11. The van der Waals surface area contributed by atoms with Gasteiger partial charge in [0.15, 0.2) is 0 Å². The van der Waals surface area contributed by atoms with Crippen LogP contribution in [0.15, 0.2) is 24.3 Å². The van der Waals surface area contributed by atoms with Crippen LogP contribution >= 0.6 is 0 Å². The molecule has 0 bridgehead atoms. The Kier molecular flexibility index (Phi) is 7.81. The number of hydrogen-bond donors (Lipinski definition) is 3. The fraction of sp³-hybridized carbons (Fsp3) is 0.588. The number of hydrogen-bond acceptors (Lipinski definition) is 5. The lowest BCUT2D eigenvalue weighted by molar-refractivity contribution is 0.227. The van der Waals surface area contributed by atoms with Gasteiger partial charge in [-0.15, -0.1) is 0 Å². The molecule has 0 radical (unpaired) electrons. The van der Waals surface area contributed by atoms with Crippen LogP contribution < -0.4 is 15.4 Å². The number of nitrogens with one attached hydrogen (secondary N) is 3. The van der Waals surface area contributed by atoms with Gasteiger partial charge in [-0.25, -0.2) is 30.7 Å². The SMILES string of the molecule is CCS(=O)(=O)N1CCC(NC(=O)NCc2ccc(CS(=O)(=O)NC)cc2)CC1. The third-order valence-corrected chi connectivity index (χ3v) is 7.91. The zero-order valence-electron chi connectivity index (χ0n) is 16.1. The van der Waals surface area contributed by atoms with Crippen LogP contribution in [0.5, 0.6) is 0 Å². The van der Waals surface area contributed by atoms with Crippen molar-refractivity contribution in [2.24, 2.45) is 0 Å². The number of carbonyl (C=O) groups excluding carboxylic acids is 1. The fourth-order valence-corrected chi connectivity index (χ4v) is 4.83. The molecular formula is C17H28N4O5S2. The molecule has 1 aliphatic rings. The van der Waals surface area contributed by atoms with E-state index in [9.17, 15) is 21.6 Å². The summed E-state index contributed by atoms with van der Waals surface area (Å²) in [5.41, 5.74) is 1.51. The van der Waals surface area contributed by atoms with Gasteiger partial charge in [-0.2, -0.15) is 0 Å². The summed E-state index contributed by atoms with van der Waals surface area (Å²) in [6.07, 6.45) is 1.17. The molecule has 1 saturated heterocycles. The van der Waals surface area contributed by atoms with Crippen molar-refractivity contribution in [3.8, 4) is 0 Å². The van der Waals surface area contributed by atoms with E-state index in [1.54, 1.807) is 31.2 Å². The highest BCUT2D eigenvalue weighted by Crippen LogP contribution is 2.14. The molecular weight excluding hydrogens is 404 g/mol. The van der Waals surface area contributed by atoms with Crippen molar-refractivity contribution in [3.63, 3.8) is 0 Å². The lowest BCUT2D eigenvalue weighted by Crippen LogP contribution is -2.49. The van der Waals surface area contributed by atoms with Gasteiger partial charge < -0.3 is 10.6 Å². The first-order valence-electron chi connectivity index (χ1n) is 9.16. The number of rotatable bonds is 8. The summed E-state index contributed by atoms with van der Waals surface area (Å²) < 4.78 is 50.5. The summed E-state index contributed by atoms with van der Waals surface area (Å²) in [6.45, 7) is 2.77. The first kappa shape index (κ1) is 22.6. The van der Waals surface area contributed by atoms with Crippen molar-refractivity contribution in [2.75, 3.05) is 25.9 Å². The molecule has 11 heteroatoms. The highest BCUT2D eigenvalue weighted by molar-refractivity contribution is 7.89. The predicted molar refractivity (Wildman–Crippen MR) is 108 cm³/mol. The number of urea groups is 1. The maximum atomic E-state index is 12.1. The van der Waals surface area contributed by atoms with Crippen molar-refractivity contribution in [1.82, 2.24) is 19.7 Å². The summed E-state index contributed by atoms with van der Waals surface area (Å²) in [5.74, 6) is -0.00456. The number of carbonyl (C=O) groups is 1. The van der Waals surface area contributed by atoms with Crippen molar-refractivity contribution in [1.29, 1.82) is 0 Å². The van der Waals surface area contributed by atoms with Gasteiger partial charge in [0, 0.05) is 25.7 Å². The van der Waals surface area contributed by atoms with Crippen molar-refractivity contribution < 1.29 is 21.6 Å². The summed E-state index contributed by atoms with van der Waals surface area (Å²) >= 11 is 0. The fourth-order valence-electron chi connectivity index (χ4n) is 2.92. The molecule has 9 nitrogen and oxygen atoms in total. The summed E-state index contributed by atoms with van der Waals surface area (Å²) in [6, 6.07) is 6.61. The number of nitrogens with zero attached hydrogens (tertiary/aromatic N) is 1. The van der Waals surface area contributed by atoms with E-state index in [1.807, 2.05) is 0 Å². The van der Waals surface area contributed by atoms with Gasteiger partial charge in [0.1, 0.15) is 0 Å². The molecule has 0 saturated carbocycles. The van der Waals surface area contributed by atoms with E-state index in [4.69, 9.17) is 0 Å². The van der Waals surface area contributed by atoms with Gasteiger partial charge in [-0.05, 0) is 37.9 Å². The highest BCUT2D eigenvalue weighted by Gasteiger charge is 2.27. The smallest absolute Gasteiger partial charge is 0.315 e. The van der Waals surface area contributed by atoms with E-state index in [0.29, 0.717) is 38.0 Å². The predicted octanol–water partition coefficient (Wildman–Crippen LogP) is 0.349. The van der Waals surface area contributed by atoms with E-state index < -0.39 is 20.0 Å². The quantitative estimate of drug-likeness (QED) is 0.547. The first-order valence-corrected chi connectivity index (χ1v) is 12.4. The summed E-state index contributed by atoms with van der Waals surface area (Å²) in [4.78, 5) is 12.1. The Labute approximate surface area is 167 Å². The first-order chi connectivity index (χ1) is 13.1. The van der Waals surface area contributed by atoms with E-state index in [0.717, 1.165) is 5.56 Å². The zero-order chi connectivity index (χ0) is 20.8. The minimum atomic E-state index is -3.31. The van der Waals surface area contributed by atoms with Gasteiger partial charge in [0.25, 0.3) is 0 Å². The third-order valence-electron chi connectivity index (χ3n) is 4.69. The number of benzene rings is 1. The maximum absolute atomic E-state index is 12.1. The monoisotopic (exact) mass is 432 g/mol. The molecule has 2 rings (SSSR count). The molecule has 158 valence electrons. The molecule has 1 aliphatic heterocycles. The minimum Gasteiger partial charge on any atom is -0.335 e. The lowest BCUT2D eigenvalue weighted by atomic mass is 10.1. The zero-order valence-corrected chi connectivity index (χ0v) is 17.8. The molecule has 1 heterocycles. The molecule has 1 aromatic rings. The van der Waals surface area contributed by atoms with E-state index in [1.165, 1.54) is 11.4 Å². The van der Waals surface area contributed by atoms with Gasteiger partial charge in [0.05, 0.1) is 11.5 Å². The standard InChI is InChI=1S/C17H28N4O5S2/c1-3-28(25,26)21-10-8-16(9-11-21)20-17(22)19-12-14-4-6-15(7-5-14)13-27(23,24)18-2/h4-7,16,18H,3,8-13H2,1-2H3,(H2,19,20,22). The van der Waals surface area contributed by atoms with Crippen LogP contribution in [0.1, 0.15) is 30.9 Å². The average molecular weight is 433 g/mol. The van der Waals surface area contributed by atoms with Crippen molar-refractivity contribution in [2.45, 2.75) is 38.1 Å². The molecule has 0 aliphatic carbocycles.